The highest BCUT2D eigenvalue weighted by molar-refractivity contribution is 5.01. The third kappa shape index (κ3) is 2.41. The fourth-order valence-corrected chi connectivity index (χ4v) is 3.66. The van der Waals surface area contributed by atoms with E-state index in [-0.39, 0.29) is 11.1 Å². The van der Waals surface area contributed by atoms with Crippen LogP contribution in [0.2, 0.25) is 0 Å². The Morgan fingerprint density at radius 3 is 2.31 bits per heavy atom. The molecule has 0 spiro atoms. The number of piperidine rings is 1. The van der Waals surface area contributed by atoms with Crippen molar-refractivity contribution in [2.75, 3.05) is 6.54 Å². The van der Waals surface area contributed by atoms with Crippen LogP contribution < -0.4 is 11.6 Å². The van der Waals surface area contributed by atoms with Crippen molar-refractivity contribution in [2.24, 2.45) is 23.4 Å². The Hall–Kier alpha value is -0.120. The molecule has 16 heavy (non-hydrogen) atoms. The summed E-state index contributed by atoms with van der Waals surface area (Å²) in [5.74, 6) is 7.68. The molecule has 0 aromatic rings. The SMILES string of the molecule is CC1CC(C)(C)N(N)C(C)(C)C1CCCN. The Morgan fingerprint density at radius 2 is 1.81 bits per heavy atom. The standard InChI is InChI=1S/C13H29N3/c1-10-9-12(2,3)16(15)13(4,5)11(10)7-6-8-14/h10-11H,6-9,14-15H2,1-5H3. The van der Waals surface area contributed by atoms with Crippen LogP contribution in [0.4, 0.5) is 0 Å². The summed E-state index contributed by atoms with van der Waals surface area (Å²) < 4.78 is 0. The van der Waals surface area contributed by atoms with Gasteiger partial charge in [-0.3, -0.25) is 5.84 Å². The molecule has 3 heteroatoms. The molecule has 2 atom stereocenters. The predicted molar refractivity (Wildman–Crippen MR) is 69.7 cm³/mol. The zero-order valence-corrected chi connectivity index (χ0v) is 11.6. The van der Waals surface area contributed by atoms with Crippen LogP contribution >= 0.6 is 0 Å². The number of nitrogens with two attached hydrogens (primary N) is 2. The highest BCUT2D eigenvalue weighted by Crippen LogP contribution is 2.44. The minimum atomic E-state index is 0.0658. The molecule has 1 rings (SSSR count). The lowest BCUT2D eigenvalue weighted by molar-refractivity contribution is -0.0950. The second-order valence-electron chi connectivity index (χ2n) is 6.55. The summed E-state index contributed by atoms with van der Waals surface area (Å²) in [5.41, 5.74) is 5.79. The lowest BCUT2D eigenvalue weighted by Crippen LogP contribution is -2.67. The van der Waals surface area contributed by atoms with Gasteiger partial charge in [0.25, 0.3) is 0 Å². The Morgan fingerprint density at radius 1 is 1.25 bits per heavy atom. The summed E-state index contributed by atoms with van der Waals surface area (Å²) in [6.07, 6.45) is 3.46. The molecule has 2 unspecified atom stereocenters. The Bertz CT molecular complexity index is 235. The lowest BCUT2D eigenvalue weighted by atomic mass is 9.66. The fraction of sp³-hybridized carbons (Fsp3) is 1.00. The van der Waals surface area contributed by atoms with E-state index in [1.54, 1.807) is 0 Å². The monoisotopic (exact) mass is 227 g/mol. The van der Waals surface area contributed by atoms with Crippen molar-refractivity contribution in [3.8, 4) is 0 Å². The molecule has 0 bridgehead atoms. The van der Waals surface area contributed by atoms with Gasteiger partial charge in [-0.15, -0.1) is 0 Å². The highest BCUT2D eigenvalue weighted by Gasteiger charge is 2.48. The van der Waals surface area contributed by atoms with Gasteiger partial charge in [-0.25, -0.2) is 5.01 Å². The first-order valence-electron chi connectivity index (χ1n) is 6.48. The molecule has 0 saturated carbocycles. The topological polar surface area (TPSA) is 55.3 Å². The van der Waals surface area contributed by atoms with Crippen molar-refractivity contribution in [2.45, 2.75) is 65.0 Å². The Kier molecular flexibility index (Phi) is 4.04. The summed E-state index contributed by atoms with van der Waals surface area (Å²) in [6, 6.07) is 0. The smallest absolute Gasteiger partial charge is 0.0332 e. The first-order valence-corrected chi connectivity index (χ1v) is 6.48. The van der Waals surface area contributed by atoms with E-state index in [0.29, 0.717) is 5.92 Å². The average molecular weight is 227 g/mol. The average Bonchev–Trinajstić information content (AvgIpc) is 2.14. The molecular formula is C13H29N3. The summed E-state index contributed by atoms with van der Waals surface area (Å²) in [4.78, 5) is 0. The van der Waals surface area contributed by atoms with Crippen molar-refractivity contribution in [3.63, 3.8) is 0 Å². The highest BCUT2D eigenvalue weighted by atomic mass is 15.5. The summed E-state index contributed by atoms with van der Waals surface area (Å²) >= 11 is 0. The van der Waals surface area contributed by atoms with E-state index in [0.717, 1.165) is 18.9 Å². The van der Waals surface area contributed by atoms with Crippen LogP contribution in [0, 0.1) is 11.8 Å². The second kappa shape index (κ2) is 4.63. The number of hydrogen-bond acceptors (Lipinski definition) is 3. The zero-order chi connectivity index (χ0) is 12.6. The Balaban J connectivity index is 2.85. The molecule has 1 aliphatic rings. The van der Waals surface area contributed by atoms with Gasteiger partial charge >= 0.3 is 0 Å². The minimum absolute atomic E-state index is 0.0658. The van der Waals surface area contributed by atoms with Gasteiger partial charge in [0, 0.05) is 11.1 Å². The van der Waals surface area contributed by atoms with Gasteiger partial charge in [0.15, 0.2) is 0 Å². The van der Waals surface area contributed by atoms with Crippen LogP contribution in [0.15, 0.2) is 0 Å². The third-order valence-corrected chi connectivity index (χ3v) is 4.41. The van der Waals surface area contributed by atoms with E-state index in [2.05, 4.69) is 39.6 Å². The summed E-state index contributed by atoms with van der Waals surface area (Å²) in [7, 11) is 0. The molecule has 1 saturated heterocycles. The van der Waals surface area contributed by atoms with Gasteiger partial charge in [-0.1, -0.05) is 6.92 Å². The molecule has 0 aliphatic carbocycles. The van der Waals surface area contributed by atoms with Gasteiger partial charge in [-0.2, -0.15) is 0 Å². The molecule has 0 amide bonds. The third-order valence-electron chi connectivity index (χ3n) is 4.41. The van der Waals surface area contributed by atoms with Crippen molar-refractivity contribution in [3.05, 3.63) is 0 Å². The van der Waals surface area contributed by atoms with Crippen LogP contribution in [0.1, 0.15) is 53.9 Å². The van der Waals surface area contributed by atoms with E-state index in [9.17, 15) is 0 Å². The summed E-state index contributed by atoms with van der Waals surface area (Å²) in [5, 5.41) is 2.07. The van der Waals surface area contributed by atoms with Gasteiger partial charge in [-0.05, 0) is 65.3 Å². The minimum Gasteiger partial charge on any atom is -0.330 e. The van der Waals surface area contributed by atoms with E-state index in [1.165, 1.54) is 12.8 Å². The fourth-order valence-electron chi connectivity index (χ4n) is 3.66. The molecule has 3 nitrogen and oxygen atoms in total. The second-order valence-corrected chi connectivity index (χ2v) is 6.55. The molecule has 0 aromatic carbocycles. The number of hydrazine groups is 1. The van der Waals surface area contributed by atoms with Crippen LogP contribution in [0.25, 0.3) is 0 Å². The van der Waals surface area contributed by atoms with Crippen molar-refractivity contribution >= 4 is 0 Å². The Labute approximate surface area is 101 Å². The maximum absolute atomic E-state index is 6.32. The van der Waals surface area contributed by atoms with E-state index in [1.807, 2.05) is 0 Å². The molecule has 1 fully saturated rings. The lowest BCUT2D eigenvalue weighted by Gasteiger charge is -2.57. The molecular weight excluding hydrogens is 198 g/mol. The summed E-state index contributed by atoms with van der Waals surface area (Å²) in [6.45, 7) is 12.2. The van der Waals surface area contributed by atoms with Gasteiger partial charge in [0.1, 0.15) is 0 Å². The predicted octanol–water partition coefficient (Wildman–Crippen LogP) is 2.11. The maximum atomic E-state index is 6.32. The van der Waals surface area contributed by atoms with Gasteiger partial charge in [0.05, 0.1) is 0 Å². The number of nitrogens with zero attached hydrogens (tertiary/aromatic N) is 1. The number of hydrogen-bond donors (Lipinski definition) is 2. The first-order chi connectivity index (χ1) is 7.23. The molecule has 96 valence electrons. The van der Waals surface area contributed by atoms with E-state index >= 15 is 0 Å². The molecule has 1 heterocycles. The molecule has 1 aliphatic heterocycles. The van der Waals surface area contributed by atoms with Crippen molar-refractivity contribution in [1.82, 2.24) is 5.01 Å². The quantitative estimate of drug-likeness (QED) is 0.726. The van der Waals surface area contributed by atoms with E-state index in [4.69, 9.17) is 11.6 Å². The van der Waals surface area contributed by atoms with Crippen molar-refractivity contribution in [1.29, 1.82) is 0 Å². The molecule has 0 aromatic heterocycles. The zero-order valence-electron chi connectivity index (χ0n) is 11.6. The number of rotatable bonds is 3. The van der Waals surface area contributed by atoms with E-state index < -0.39 is 0 Å². The van der Waals surface area contributed by atoms with Gasteiger partial charge < -0.3 is 5.73 Å². The van der Waals surface area contributed by atoms with Crippen LogP contribution in [0.3, 0.4) is 0 Å². The largest absolute Gasteiger partial charge is 0.330 e. The van der Waals surface area contributed by atoms with Crippen molar-refractivity contribution < 1.29 is 0 Å². The van der Waals surface area contributed by atoms with Gasteiger partial charge in [0.2, 0.25) is 0 Å². The van der Waals surface area contributed by atoms with Crippen LogP contribution in [0.5, 0.6) is 0 Å². The van der Waals surface area contributed by atoms with Crippen LogP contribution in [-0.2, 0) is 0 Å². The molecule has 4 N–H and O–H groups in total. The first kappa shape index (κ1) is 13.9. The molecule has 0 radical (unpaired) electrons. The van der Waals surface area contributed by atoms with Crippen LogP contribution in [-0.4, -0.2) is 22.6 Å². The normalized spacial score (nSPS) is 33.9. The maximum Gasteiger partial charge on any atom is 0.0332 e.